The lowest BCUT2D eigenvalue weighted by Gasteiger charge is -2.38. The molecule has 0 saturated carbocycles. The fourth-order valence-electron chi connectivity index (χ4n) is 6.47. The van der Waals surface area contributed by atoms with E-state index in [0.717, 1.165) is 41.9 Å². The highest BCUT2D eigenvalue weighted by atomic mass is 35.5. The SMILES string of the molecule is CCN(CC)CCC(Cc1ccc(-c2ccc(C(F)(F)F)cc2)cc1)(C(N)=O)n1c(CCc2cccc(Cl)c2)cc(=O)c2ccccc21. The second kappa shape index (κ2) is 14.8. The number of aromatic nitrogens is 1. The Hall–Kier alpha value is -4.40. The van der Waals surface area contributed by atoms with Gasteiger partial charge in [-0.15, -0.1) is 0 Å². The molecule has 0 spiro atoms. The number of pyridine rings is 1. The van der Waals surface area contributed by atoms with E-state index in [2.05, 4.69) is 18.7 Å². The first-order valence-corrected chi connectivity index (χ1v) is 16.5. The summed E-state index contributed by atoms with van der Waals surface area (Å²) >= 11 is 6.27. The Morgan fingerprint density at radius 3 is 2.06 bits per heavy atom. The van der Waals surface area contributed by atoms with Crippen LogP contribution in [0.25, 0.3) is 22.0 Å². The lowest BCUT2D eigenvalue weighted by atomic mass is 9.84. The largest absolute Gasteiger partial charge is 0.416 e. The molecule has 2 N–H and O–H groups in total. The molecule has 0 bridgehead atoms. The Morgan fingerprint density at radius 2 is 1.46 bits per heavy atom. The van der Waals surface area contributed by atoms with Gasteiger partial charge in [0.05, 0.1) is 11.1 Å². The molecule has 0 fully saturated rings. The summed E-state index contributed by atoms with van der Waals surface area (Å²) in [6.07, 6.45) is -2.72. The van der Waals surface area contributed by atoms with Crippen LogP contribution in [-0.4, -0.2) is 35.0 Å². The molecular weight excluding hydrogens is 635 g/mol. The van der Waals surface area contributed by atoms with Crippen LogP contribution in [-0.2, 0) is 35.8 Å². The molecule has 1 atom stereocenters. The molecule has 0 radical (unpaired) electrons. The van der Waals surface area contributed by atoms with Crippen LogP contribution in [0.15, 0.2) is 108 Å². The van der Waals surface area contributed by atoms with E-state index in [0.29, 0.717) is 53.0 Å². The number of benzene rings is 4. The van der Waals surface area contributed by atoms with Crippen molar-refractivity contribution in [3.63, 3.8) is 0 Å². The van der Waals surface area contributed by atoms with E-state index in [-0.39, 0.29) is 11.8 Å². The molecule has 1 unspecified atom stereocenters. The summed E-state index contributed by atoms with van der Waals surface area (Å²) in [5.74, 6) is -0.515. The minimum atomic E-state index is -4.41. The lowest BCUT2D eigenvalue weighted by Crippen LogP contribution is -2.51. The number of carbonyl (C=O) groups excluding carboxylic acids is 1. The smallest absolute Gasteiger partial charge is 0.368 e. The van der Waals surface area contributed by atoms with Crippen LogP contribution in [0.3, 0.4) is 0 Å². The molecule has 1 amide bonds. The van der Waals surface area contributed by atoms with Crippen LogP contribution >= 0.6 is 11.6 Å². The van der Waals surface area contributed by atoms with Gasteiger partial charge in [0.15, 0.2) is 5.43 Å². The van der Waals surface area contributed by atoms with Crippen LogP contribution in [0.1, 0.15) is 42.7 Å². The minimum absolute atomic E-state index is 0.133. The Balaban J connectivity index is 1.62. The topological polar surface area (TPSA) is 68.3 Å². The number of carbonyl (C=O) groups is 1. The van der Waals surface area contributed by atoms with Gasteiger partial charge in [0.2, 0.25) is 5.91 Å². The van der Waals surface area contributed by atoms with E-state index >= 15 is 0 Å². The van der Waals surface area contributed by atoms with Crippen molar-refractivity contribution in [3.8, 4) is 11.1 Å². The van der Waals surface area contributed by atoms with Crippen LogP contribution in [0.5, 0.6) is 0 Å². The normalized spacial score (nSPS) is 13.1. The Morgan fingerprint density at radius 1 is 0.812 bits per heavy atom. The molecule has 250 valence electrons. The van der Waals surface area contributed by atoms with E-state index in [9.17, 15) is 22.8 Å². The van der Waals surface area contributed by atoms with Crippen LogP contribution in [0.2, 0.25) is 5.02 Å². The van der Waals surface area contributed by atoms with E-state index in [4.69, 9.17) is 17.3 Å². The molecule has 48 heavy (non-hydrogen) atoms. The number of primary amides is 1. The summed E-state index contributed by atoms with van der Waals surface area (Å²) in [7, 11) is 0. The number of halogens is 4. The standard InChI is InChI=1S/C39H39ClF3N3O2/c1-3-45(4-2)23-22-38(37(44)48,26-28-12-15-29(16-13-28)30-17-19-31(20-18-30)39(41,42)43)46-33(21-14-27-8-7-9-32(40)24-27)25-36(47)34-10-5-6-11-35(34)46/h5-13,15-20,24-25H,3-4,14,21-23,26H2,1-2H3,(H2,44,48). The highest BCUT2D eigenvalue weighted by molar-refractivity contribution is 6.30. The first-order chi connectivity index (χ1) is 22.9. The van der Waals surface area contributed by atoms with Crippen molar-refractivity contribution in [3.05, 3.63) is 141 Å². The van der Waals surface area contributed by atoms with E-state index in [1.165, 1.54) is 12.1 Å². The molecular formula is C39H39ClF3N3O2. The van der Waals surface area contributed by atoms with Crippen LogP contribution < -0.4 is 11.2 Å². The average Bonchev–Trinajstić information content (AvgIpc) is 3.07. The third-order valence-electron chi connectivity index (χ3n) is 9.17. The van der Waals surface area contributed by atoms with Gasteiger partial charge in [0.25, 0.3) is 0 Å². The number of hydrogen-bond donors (Lipinski definition) is 1. The zero-order chi connectivity index (χ0) is 34.5. The zero-order valence-corrected chi connectivity index (χ0v) is 27.8. The van der Waals surface area contributed by atoms with Gasteiger partial charge < -0.3 is 15.2 Å². The van der Waals surface area contributed by atoms with E-state index < -0.39 is 23.2 Å². The summed E-state index contributed by atoms with van der Waals surface area (Å²) in [6.45, 7) is 6.31. The zero-order valence-electron chi connectivity index (χ0n) is 27.1. The molecule has 5 aromatic rings. The number of rotatable bonds is 13. The Kier molecular flexibility index (Phi) is 10.8. The molecule has 1 aromatic heterocycles. The third-order valence-corrected chi connectivity index (χ3v) is 9.41. The number of amides is 1. The number of aryl methyl sites for hydroxylation is 2. The minimum Gasteiger partial charge on any atom is -0.368 e. The maximum absolute atomic E-state index is 14.0. The van der Waals surface area contributed by atoms with E-state index in [1.54, 1.807) is 12.1 Å². The number of nitrogens with zero attached hydrogens (tertiary/aromatic N) is 2. The molecule has 4 aromatic carbocycles. The second-order valence-corrected chi connectivity index (χ2v) is 12.5. The number of nitrogens with two attached hydrogens (primary N) is 1. The van der Waals surface area contributed by atoms with Gasteiger partial charge in [0.1, 0.15) is 5.54 Å². The van der Waals surface area contributed by atoms with Crippen molar-refractivity contribution in [1.82, 2.24) is 9.47 Å². The quantitative estimate of drug-likeness (QED) is 0.137. The van der Waals surface area contributed by atoms with Crippen molar-refractivity contribution in [1.29, 1.82) is 0 Å². The molecule has 0 saturated heterocycles. The fraction of sp³-hybridized carbons (Fsp3) is 0.282. The summed E-state index contributed by atoms with van der Waals surface area (Å²) in [5.41, 5.74) is 8.90. The van der Waals surface area contributed by atoms with Gasteiger partial charge in [-0.1, -0.05) is 86.1 Å². The van der Waals surface area contributed by atoms with Gasteiger partial charge >= 0.3 is 6.18 Å². The van der Waals surface area contributed by atoms with Gasteiger partial charge in [0, 0.05) is 35.1 Å². The molecule has 0 aliphatic carbocycles. The van der Waals surface area contributed by atoms with Crippen LogP contribution in [0.4, 0.5) is 13.2 Å². The molecule has 5 rings (SSSR count). The Bertz CT molecular complexity index is 1930. The first kappa shape index (κ1) is 34.9. The fourth-order valence-corrected chi connectivity index (χ4v) is 6.68. The summed E-state index contributed by atoms with van der Waals surface area (Å²) in [4.78, 5) is 29.7. The summed E-state index contributed by atoms with van der Waals surface area (Å²) in [6, 6.07) is 29.0. The van der Waals surface area contributed by atoms with Gasteiger partial charge in [-0.25, -0.2) is 0 Å². The lowest BCUT2D eigenvalue weighted by molar-refractivity contribution is -0.137. The van der Waals surface area contributed by atoms with Crippen molar-refractivity contribution >= 4 is 28.4 Å². The van der Waals surface area contributed by atoms with Crippen LogP contribution in [0, 0.1) is 0 Å². The number of hydrogen-bond acceptors (Lipinski definition) is 3. The highest BCUT2D eigenvalue weighted by Crippen LogP contribution is 2.34. The third kappa shape index (κ3) is 7.66. The Labute approximate surface area is 283 Å². The second-order valence-electron chi connectivity index (χ2n) is 12.1. The number of para-hydroxylation sites is 1. The van der Waals surface area contributed by atoms with Gasteiger partial charge in [-0.05, 0) is 91.0 Å². The predicted molar refractivity (Wildman–Crippen MR) is 187 cm³/mol. The molecule has 9 heteroatoms. The maximum Gasteiger partial charge on any atom is 0.416 e. The van der Waals surface area contributed by atoms with Crippen molar-refractivity contribution in [2.24, 2.45) is 5.73 Å². The average molecular weight is 674 g/mol. The van der Waals surface area contributed by atoms with Crippen molar-refractivity contribution in [2.45, 2.75) is 51.2 Å². The first-order valence-electron chi connectivity index (χ1n) is 16.1. The number of fused-ring (bicyclic) bond motifs is 1. The highest BCUT2D eigenvalue weighted by Gasteiger charge is 2.41. The summed E-state index contributed by atoms with van der Waals surface area (Å²) in [5, 5.41) is 1.11. The van der Waals surface area contributed by atoms with Gasteiger partial charge in [-0.2, -0.15) is 13.2 Å². The van der Waals surface area contributed by atoms with Gasteiger partial charge in [-0.3, -0.25) is 9.59 Å². The molecule has 0 aliphatic rings. The van der Waals surface area contributed by atoms with E-state index in [1.807, 2.05) is 71.3 Å². The predicted octanol–water partition coefficient (Wildman–Crippen LogP) is 8.28. The molecule has 0 aliphatic heterocycles. The maximum atomic E-state index is 14.0. The monoisotopic (exact) mass is 673 g/mol. The van der Waals surface area contributed by atoms with Crippen molar-refractivity contribution in [2.75, 3.05) is 19.6 Å². The van der Waals surface area contributed by atoms with Crippen molar-refractivity contribution < 1.29 is 18.0 Å². The molecule has 5 nitrogen and oxygen atoms in total. The summed E-state index contributed by atoms with van der Waals surface area (Å²) < 4.78 is 41.4. The number of alkyl halides is 3. The molecule has 1 heterocycles.